The average Bonchev–Trinajstić information content (AvgIpc) is 3.35. The Morgan fingerprint density at radius 1 is 1.22 bits per heavy atom. The molecule has 11 nitrogen and oxygen atoms in total. The van der Waals surface area contributed by atoms with Crippen LogP contribution in [0, 0.1) is 0 Å². The maximum atomic E-state index is 12.4. The van der Waals surface area contributed by atoms with Gasteiger partial charge in [0.2, 0.25) is 5.95 Å². The number of carbonyl (C=O) groups excluding carboxylic acids is 2. The Labute approximate surface area is 158 Å². The van der Waals surface area contributed by atoms with Crippen molar-refractivity contribution in [3.63, 3.8) is 0 Å². The molecule has 0 saturated heterocycles. The SMILES string of the molecule is COC(=O)c1sccc1S(=O)(=O)NC(=O)Nc1nc(OC)nc(C2CC2)n1. The van der Waals surface area contributed by atoms with Gasteiger partial charge in [0.1, 0.15) is 15.6 Å². The second-order valence-electron chi connectivity index (χ2n) is 5.44. The molecular formula is C14H15N5O6S2. The molecule has 1 aliphatic carbocycles. The number of anilines is 1. The molecule has 0 aromatic carbocycles. The van der Waals surface area contributed by atoms with Crippen molar-refractivity contribution in [2.24, 2.45) is 0 Å². The number of nitrogens with zero attached hydrogens (tertiary/aromatic N) is 3. The second kappa shape index (κ2) is 7.44. The summed E-state index contributed by atoms with van der Waals surface area (Å²) in [5.74, 6) is -0.328. The lowest BCUT2D eigenvalue weighted by molar-refractivity contribution is 0.0602. The molecule has 13 heteroatoms. The molecule has 1 fully saturated rings. The number of urea groups is 1. The summed E-state index contributed by atoms with van der Waals surface area (Å²) in [6.07, 6.45) is 1.84. The predicted molar refractivity (Wildman–Crippen MR) is 93.4 cm³/mol. The minimum Gasteiger partial charge on any atom is -0.467 e. The van der Waals surface area contributed by atoms with Crippen LogP contribution in [0.1, 0.15) is 34.3 Å². The standard InChI is InChI=1S/C14H15N5O6S2/c1-24-11(20)9-8(5-6-26-9)27(22,23)19-13(21)17-12-15-10(7-3-4-7)16-14(18-12)25-2/h5-7H,3-4H2,1-2H3,(H2,15,16,17,18,19,21). The predicted octanol–water partition coefficient (Wildman–Crippen LogP) is 1.12. The Kier molecular flexibility index (Phi) is 5.23. The Bertz CT molecular complexity index is 986. The quantitative estimate of drug-likeness (QED) is 0.664. The third-order valence-electron chi connectivity index (χ3n) is 3.50. The van der Waals surface area contributed by atoms with Gasteiger partial charge in [0.15, 0.2) is 0 Å². The summed E-state index contributed by atoms with van der Waals surface area (Å²) in [6.45, 7) is 0. The van der Waals surface area contributed by atoms with E-state index in [0.29, 0.717) is 5.82 Å². The van der Waals surface area contributed by atoms with Crippen LogP contribution in [0.2, 0.25) is 0 Å². The summed E-state index contributed by atoms with van der Waals surface area (Å²) in [6, 6.07) is 0.117. The first kappa shape index (κ1) is 19.0. The van der Waals surface area contributed by atoms with Gasteiger partial charge in [-0.3, -0.25) is 5.32 Å². The van der Waals surface area contributed by atoms with Crippen molar-refractivity contribution in [3.05, 3.63) is 22.1 Å². The van der Waals surface area contributed by atoms with E-state index in [-0.39, 0.29) is 27.6 Å². The fraction of sp³-hybridized carbons (Fsp3) is 0.357. The highest BCUT2D eigenvalue weighted by molar-refractivity contribution is 7.90. The largest absolute Gasteiger partial charge is 0.467 e. The molecule has 2 aromatic heterocycles. The van der Waals surface area contributed by atoms with Crippen LogP contribution in [-0.4, -0.2) is 49.6 Å². The number of aromatic nitrogens is 3. The van der Waals surface area contributed by atoms with Crippen molar-refractivity contribution in [3.8, 4) is 6.01 Å². The van der Waals surface area contributed by atoms with E-state index < -0.39 is 22.0 Å². The fourth-order valence-electron chi connectivity index (χ4n) is 2.10. The van der Waals surface area contributed by atoms with Crippen LogP contribution in [0.3, 0.4) is 0 Å². The molecule has 0 radical (unpaired) electrons. The van der Waals surface area contributed by atoms with Crippen molar-refractivity contribution in [1.82, 2.24) is 19.7 Å². The number of hydrogen-bond acceptors (Lipinski definition) is 10. The van der Waals surface area contributed by atoms with Crippen LogP contribution in [0.4, 0.5) is 10.7 Å². The molecule has 1 aliphatic rings. The third-order valence-corrected chi connectivity index (χ3v) is 5.90. The molecule has 3 rings (SSSR count). The molecule has 1 saturated carbocycles. The van der Waals surface area contributed by atoms with Crippen LogP contribution in [-0.2, 0) is 14.8 Å². The Morgan fingerprint density at radius 2 is 1.96 bits per heavy atom. The smallest absolute Gasteiger partial charge is 0.349 e. The Hall–Kier alpha value is -2.80. The number of carbonyl (C=O) groups is 2. The zero-order valence-corrected chi connectivity index (χ0v) is 15.9. The van der Waals surface area contributed by atoms with E-state index >= 15 is 0 Å². The normalized spacial score (nSPS) is 13.7. The lowest BCUT2D eigenvalue weighted by Crippen LogP contribution is -2.35. The topological polar surface area (TPSA) is 149 Å². The number of ether oxygens (including phenoxy) is 2. The fourth-order valence-corrected chi connectivity index (χ4v) is 4.34. The average molecular weight is 413 g/mol. The van der Waals surface area contributed by atoms with Crippen LogP contribution in [0.25, 0.3) is 0 Å². The molecule has 27 heavy (non-hydrogen) atoms. The number of rotatable bonds is 6. The lowest BCUT2D eigenvalue weighted by Gasteiger charge is -2.09. The maximum Gasteiger partial charge on any atom is 0.349 e. The Balaban J connectivity index is 1.77. The minimum atomic E-state index is -4.31. The first-order valence-electron chi connectivity index (χ1n) is 7.63. The van der Waals surface area contributed by atoms with Crippen molar-refractivity contribution in [1.29, 1.82) is 0 Å². The molecule has 144 valence electrons. The Morgan fingerprint density at radius 3 is 2.59 bits per heavy atom. The van der Waals surface area contributed by atoms with Crippen molar-refractivity contribution < 1.29 is 27.5 Å². The van der Waals surface area contributed by atoms with Gasteiger partial charge < -0.3 is 9.47 Å². The summed E-state index contributed by atoms with van der Waals surface area (Å²) >= 11 is 0.882. The third kappa shape index (κ3) is 4.31. The minimum absolute atomic E-state index is 0.0101. The maximum absolute atomic E-state index is 12.4. The van der Waals surface area contributed by atoms with Gasteiger partial charge in [0, 0.05) is 5.92 Å². The molecule has 0 bridgehead atoms. The zero-order chi connectivity index (χ0) is 19.6. The van der Waals surface area contributed by atoms with Crippen molar-refractivity contribution >= 4 is 39.3 Å². The zero-order valence-electron chi connectivity index (χ0n) is 14.3. The monoisotopic (exact) mass is 413 g/mol. The lowest BCUT2D eigenvalue weighted by atomic mass is 10.4. The van der Waals surface area contributed by atoms with Crippen LogP contribution in [0.15, 0.2) is 16.3 Å². The van der Waals surface area contributed by atoms with Gasteiger partial charge in [0.05, 0.1) is 14.2 Å². The van der Waals surface area contributed by atoms with Gasteiger partial charge in [-0.15, -0.1) is 11.3 Å². The summed E-state index contributed by atoms with van der Waals surface area (Å²) in [4.78, 5) is 35.3. The van der Waals surface area contributed by atoms with E-state index in [1.54, 1.807) is 0 Å². The highest BCUT2D eigenvalue weighted by Crippen LogP contribution is 2.38. The molecule has 0 spiro atoms. The van der Waals surface area contributed by atoms with E-state index in [2.05, 4.69) is 25.0 Å². The summed E-state index contributed by atoms with van der Waals surface area (Å²) in [5, 5.41) is 3.64. The molecule has 2 N–H and O–H groups in total. The summed E-state index contributed by atoms with van der Waals surface area (Å²) in [5.41, 5.74) is 0. The van der Waals surface area contributed by atoms with Gasteiger partial charge in [-0.1, -0.05) is 0 Å². The molecule has 2 aromatic rings. The van der Waals surface area contributed by atoms with Crippen LogP contribution in [0.5, 0.6) is 6.01 Å². The highest BCUT2D eigenvalue weighted by atomic mass is 32.2. The first-order chi connectivity index (χ1) is 12.8. The number of methoxy groups -OCH3 is 2. The van der Waals surface area contributed by atoms with Crippen LogP contribution >= 0.6 is 11.3 Å². The number of amides is 2. The van der Waals surface area contributed by atoms with E-state index in [9.17, 15) is 18.0 Å². The number of sulfonamides is 1. The molecule has 2 amide bonds. The van der Waals surface area contributed by atoms with Gasteiger partial charge in [-0.2, -0.15) is 15.0 Å². The molecule has 0 atom stereocenters. The molecular weight excluding hydrogens is 398 g/mol. The van der Waals surface area contributed by atoms with E-state index in [1.165, 1.54) is 18.6 Å². The van der Waals surface area contributed by atoms with Crippen molar-refractivity contribution in [2.45, 2.75) is 23.7 Å². The van der Waals surface area contributed by atoms with Crippen molar-refractivity contribution in [2.75, 3.05) is 19.5 Å². The number of nitrogens with one attached hydrogen (secondary N) is 2. The summed E-state index contributed by atoms with van der Waals surface area (Å²) < 4.78 is 36.1. The molecule has 2 heterocycles. The molecule has 0 unspecified atom stereocenters. The van der Waals surface area contributed by atoms with Gasteiger partial charge >= 0.3 is 18.0 Å². The van der Waals surface area contributed by atoms with Gasteiger partial charge in [-0.25, -0.2) is 22.7 Å². The molecule has 0 aliphatic heterocycles. The second-order valence-corrected chi connectivity index (χ2v) is 8.01. The number of thiophene rings is 1. The van der Waals surface area contributed by atoms with Crippen LogP contribution < -0.4 is 14.8 Å². The first-order valence-corrected chi connectivity index (χ1v) is 10.00. The van der Waals surface area contributed by atoms with Gasteiger partial charge in [0.25, 0.3) is 10.0 Å². The number of esters is 1. The van der Waals surface area contributed by atoms with E-state index in [4.69, 9.17) is 4.74 Å². The van der Waals surface area contributed by atoms with Gasteiger partial charge in [-0.05, 0) is 24.3 Å². The highest BCUT2D eigenvalue weighted by Gasteiger charge is 2.29. The summed E-state index contributed by atoms with van der Waals surface area (Å²) in [7, 11) is -1.81. The van der Waals surface area contributed by atoms with E-state index in [0.717, 1.165) is 31.3 Å². The number of hydrogen-bond donors (Lipinski definition) is 2. The van der Waals surface area contributed by atoms with E-state index in [1.807, 2.05) is 4.72 Å².